The Morgan fingerprint density at radius 1 is 0.407 bits per heavy atom. The molecule has 0 atom stereocenters. The molecule has 0 N–H and O–H groups in total. The summed E-state index contributed by atoms with van der Waals surface area (Å²) < 4.78 is 0. The van der Waals surface area contributed by atoms with Crippen LogP contribution in [0, 0.1) is 13.8 Å². The lowest BCUT2D eigenvalue weighted by atomic mass is 9.74. The molecule has 0 nitrogen and oxygen atoms in total. The summed E-state index contributed by atoms with van der Waals surface area (Å²) in [6.45, 7) is 13.5. The second-order valence-electron chi connectivity index (χ2n) is 8.56. The third kappa shape index (κ3) is 4.16. The maximum Gasteiger partial charge on any atom is 0.0146 e. The number of benzene rings is 3. The molecule has 0 heterocycles. The van der Waals surface area contributed by atoms with Gasteiger partial charge in [0, 0.05) is 10.8 Å². The van der Waals surface area contributed by atoms with Crippen molar-refractivity contribution < 1.29 is 0 Å². The van der Waals surface area contributed by atoms with Crippen LogP contribution in [-0.4, -0.2) is 0 Å². The van der Waals surface area contributed by atoms with Crippen LogP contribution in [0.5, 0.6) is 0 Å². The third-order valence-electron chi connectivity index (χ3n) is 5.87. The van der Waals surface area contributed by atoms with Gasteiger partial charge in [0.2, 0.25) is 0 Å². The van der Waals surface area contributed by atoms with Gasteiger partial charge in [-0.25, -0.2) is 0 Å². The van der Waals surface area contributed by atoms with Crippen LogP contribution in [0.4, 0.5) is 0 Å². The van der Waals surface area contributed by atoms with Crippen molar-refractivity contribution in [3.63, 3.8) is 0 Å². The lowest BCUT2D eigenvalue weighted by molar-refractivity contribution is 0.626. The lowest BCUT2D eigenvalue weighted by Gasteiger charge is -2.29. The van der Waals surface area contributed by atoms with E-state index in [4.69, 9.17) is 0 Å². The van der Waals surface area contributed by atoms with Gasteiger partial charge in [-0.05, 0) is 36.1 Å². The van der Waals surface area contributed by atoms with Gasteiger partial charge in [0.15, 0.2) is 0 Å². The highest BCUT2D eigenvalue weighted by molar-refractivity contribution is 5.43. The Morgan fingerprint density at radius 3 is 0.815 bits per heavy atom. The monoisotopic (exact) mass is 358 g/mol. The molecule has 0 fully saturated rings. The van der Waals surface area contributed by atoms with E-state index in [0.717, 1.165) is 0 Å². The summed E-state index contributed by atoms with van der Waals surface area (Å²) in [7, 11) is 0. The van der Waals surface area contributed by atoms with Gasteiger partial charge in [-0.1, -0.05) is 119 Å². The minimum Gasteiger partial charge on any atom is -0.0776 e. The molecule has 0 amide bonds. The fourth-order valence-corrected chi connectivity index (χ4v) is 3.58. The molecule has 3 aromatic carbocycles. The largest absolute Gasteiger partial charge is 0.0776 e. The normalized spacial score (nSPS) is 11.8. The van der Waals surface area contributed by atoms with Gasteiger partial charge in [0.25, 0.3) is 0 Å². The van der Waals surface area contributed by atoms with Gasteiger partial charge >= 0.3 is 0 Å². The lowest BCUT2D eigenvalue weighted by Crippen LogP contribution is -2.21. The van der Waals surface area contributed by atoms with Crippen molar-refractivity contribution in [3.8, 4) is 0 Å². The van der Waals surface area contributed by atoms with Crippen molar-refractivity contribution in [1.29, 1.82) is 0 Å². The van der Waals surface area contributed by atoms with Gasteiger partial charge in [-0.3, -0.25) is 0 Å². The number of hydrogen-bond acceptors (Lipinski definition) is 0. The quantitative estimate of drug-likeness (QED) is 0.450. The first-order chi connectivity index (χ1) is 12.2. The van der Waals surface area contributed by atoms with Crippen molar-refractivity contribution in [2.24, 2.45) is 0 Å². The molecule has 0 bridgehead atoms. The molecule has 0 saturated carbocycles. The van der Waals surface area contributed by atoms with Crippen LogP contribution in [0.1, 0.15) is 68.5 Å². The molecule has 0 heteroatoms. The molecular formula is C27H34. The summed E-state index contributed by atoms with van der Waals surface area (Å²) in [5, 5.41) is 0. The molecule has 0 aliphatic heterocycles. The van der Waals surface area contributed by atoms with Crippen LogP contribution < -0.4 is 0 Å². The maximum atomic E-state index is 2.30. The van der Waals surface area contributed by atoms with Gasteiger partial charge in [0.1, 0.15) is 0 Å². The van der Waals surface area contributed by atoms with Crippen LogP contribution in [0.15, 0.2) is 72.8 Å². The van der Waals surface area contributed by atoms with Crippen molar-refractivity contribution >= 4 is 0 Å². The van der Waals surface area contributed by atoms with Crippen LogP contribution >= 0.6 is 0 Å². The van der Waals surface area contributed by atoms with Crippen molar-refractivity contribution in [2.45, 2.75) is 59.8 Å². The SMILES string of the molecule is C.Cc1ccc(C(C)(C)c2ccc(C(C)(C)c3ccc(C)cc3)cc2)cc1. The zero-order valence-corrected chi connectivity index (χ0v) is 16.9. The molecule has 3 aromatic rings. The Kier molecular flexibility index (Phi) is 6.00. The molecule has 0 radical (unpaired) electrons. The van der Waals surface area contributed by atoms with Gasteiger partial charge < -0.3 is 0 Å². The second-order valence-corrected chi connectivity index (χ2v) is 8.56. The van der Waals surface area contributed by atoms with Gasteiger partial charge in [0.05, 0.1) is 0 Å². The smallest absolute Gasteiger partial charge is 0.0146 e. The summed E-state index contributed by atoms with van der Waals surface area (Å²) in [5.74, 6) is 0. The highest BCUT2D eigenvalue weighted by atomic mass is 14.3. The van der Waals surface area contributed by atoms with Crippen molar-refractivity contribution in [3.05, 3.63) is 106 Å². The highest BCUT2D eigenvalue weighted by Crippen LogP contribution is 2.35. The number of hydrogen-bond donors (Lipinski definition) is 0. The van der Waals surface area contributed by atoms with Crippen LogP contribution in [0.25, 0.3) is 0 Å². The Balaban J connectivity index is 0.00000261. The molecule has 0 unspecified atom stereocenters. The zero-order valence-electron chi connectivity index (χ0n) is 16.9. The average Bonchev–Trinajstić information content (AvgIpc) is 2.62. The van der Waals surface area contributed by atoms with E-state index in [2.05, 4.69) is 114 Å². The summed E-state index contributed by atoms with van der Waals surface area (Å²) in [4.78, 5) is 0. The molecular weight excluding hydrogens is 324 g/mol. The first-order valence-corrected chi connectivity index (χ1v) is 9.46. The minimum atomic E-state index is 0. The van der Waals surface area contributed by atoms with Gasteiger partial charge in [-0.15, -0.1) is 0 Å². The standard InChI is InChI=1S/C26H30.CH4/c1-19-7-11-21(12-8-19)25(3,4)23-15-17-24(18-16-23)26(5,6)22-13-9-20(2)10-14-22;/h7-18H,1-6H3;1H4. The van der Waals surface area contributed by atoms with E-state index < -0.39 is 0 Å². The van der Waals surface area contributed by atoms with Crippen molar-refractivity contribution in [1.82, 2.24) is 0 Å². The molecule has 142 valence electrons. The van der Waals surface area contributed by atoms with Crippen molar-refractivity contribution in [2.75, 3.05) is 0 Å². The molecule has 0 aliphatic carbocycles. The number of rotatable bonds is 4. The molecule has 0 spiro atoms. The summed E-state index contributed by atoms with van der Waals surface area (Å²) >= 11 is 0. The van der Waals surface area contributed by atoms with E-state index in [-0.39, 0.29) is 18.3 Å². The molecule has 27 heavy (non-hydrogen) atoms. The zero-order chi connectivity index (χ0) is 18.9. The third-order valence-corrected chi connectivity index (χ3v) is 5.87. The highest BCUT2D eigenvalue weighted by Gasteiger charge is 2.26. The fraction of sp³-hybridized carbons (Fsp3) is 0.333. The number of aryl methyl sites for hydroxylation is 2. The summed E-state index contributed by atoms with van der Waals surface area (Å²) in [6, 6.07) is 27.0. The van der Waals surface area contributed by atoms with Gasteiger partial charge in [-0.2, -0.15) is 0 Å². The fourth-order valence-electron chi connectivity index (χ4n) is 3.58. The van der Waals surface area contributed by atoms with E-state index in [1.54, 1.807) is 0 Å². The first-order valence-electron chi connectivity index (χ1n) is 9.46. The summed E-state index contributed by atoms with van der Waals surface area (Å²) in [6.07, 6.45) is 0. The Labute approximate surface area is 166 Å². The topological polar surface area (TPSA) is 0 Å². The first kappa shape index (κ1) is 21.0. The molecule has 0 saturated heterocycles. The predicted molar refractivity (Wildman–Crippen MR) is 120 cm³/mol. The van der Waals surface area contributed by atoms with E-state index in [1.165, 1.54) is 33.4 Å². The van der Waals surface area contributed by atoms with E-state index in [1.807, 2.05) is 0 Å². The summed E-state index contributed by atoms with van der Waals surface area (Å²) in [5.41, 5.74) is 8.02. The molecule has 0 aliphatic rings. The molecule has 0 aromatic heterocycles. The van der Waals surface area contributed by atoms with Crippen LogP contribution in [0.3, 0.4) is 0 Å². The maximum absolute atomic E-state index is 2.30. The van der Waals surface area contributed by atoms with Crippen LogP contribution in [0.2, 0.25) is 0 Å². The Morgan fingerprint density at radius 2 is 0.593 bits per heavy atom. The second kappa shape index (κ2) is 7.72. The van der Waals surface area contributed by atoms with E-state index in [9.17, 15) is 0 Å². The Hall–Kier alpha value is -2.34. The minimum absolute atomic E-state index is 0. The van der Waals surface area contributed by atoms with E-state index in [0.29, 0.717) is 0 Å². The van der Waals surface area contributed by atoms with Crippen LogP contribution in [-0.2, 0) is 10.8 Å². The van der Waals surface area contributed by atoms with E-state index >= 15 is 0 Å². The molecule has 3 rings (SSSR count). The Bertz CT molecular complexity index is 784. The average molecular weight is 359 g/mol. The predicted octanol–water partition coefficient (Wildman–Crippen LogP) is 7.59.